The maximum atomic E-state index is 13.1. The number of benzene rings is 3. The molecule has 0 unspecified atom stereocenters. The number of hydrogen-bond acceptors (Lipinski definition) is 4. The Morgan fingerprint density at radius 3 is 2.32 bits per heavy atom. The molecule has 31 heavy (non-hydrogen) atoms. The van der Waals surface area contributed by atoms with E-state index in [0.717, 1.165) is 16.7 Å². The second kappa shape index (κ2) is 10.7. The van der Waals surface area contributed by atoms with Crippen LogP contribution in [0.3, 0.4) is 0 Å². The molecule has 0 aliphatic rings. The SMILES string of the molecule is Cc1cccc(C=NNC(=O)CN(CCc2ccccc2)S(=O)(=O)c2ccccc2)c1. The molecule has 1 amide bonds. The summed E-state index contributed by atoms with van der Waals surface area (Å²) in [6.45, 7) is 1.82. The number of hydrazone groups is 1. The highest BCUT2D eigenvalue weighted by Crippen LogP contribution is 2.16. The van der Waals surface area contributed by atoms with Gasteiger partial charge < -0.3 is 0 Å². The van der Waals surface area contributed by atoms with Crippen LogP contribution in [0.15, 0.2) is 94.9 Å². The summed E-state index contributed by atoms with van der Waals surface area (Å²) in [7, 11) is -3.83. The topological polar surface area (TPSA) is 78.8 Å². The number of hydrogen-bond donors (Lipinski definition) is 1. The first-order valence-electron chi connectivity index (χ1n) is 9.93. The average Bonchev–Trinajstić information content (AvgIpc) is 2.78. The summed E-state index contributed by atoms with van der Waals surface area (Å²) in [6, 6.07) is 25.4. The second-order valence-corrected chi connectivity index (χ2v) is 9.03. The van der Waals surface area contributed by atoms with Crippen molar-refractivity contribution in [3.05, 3.63) is 102 Å². The zero-order valence-corrected chi connectivity index (χ0v) is 18.1. The summed E-state index contributed by atoms with van der Waals surface area (Å²) in [5.74, 6) is -0.503. The van der Waals surface area contributed by atoms with E-state index in [9.17, 15) is 13.2 Å². The molecule has 0 radical (unpaired) electrons. The Bertz CT molecular complexity index is 1130. The van der Waals surface area contributed by atoms with Crippen LogP contribution in [-0.2, 0) is 21.2 Å². The van der Waals surface area contributed by atoms with Crippen LogP contribution in [0, 0.1) is 6.92 Å². The number of aryl methyl sites for hydroxylation is 1. The van der Waals surface area contributed by atoms with E-state index in [1.165, 1.54) is 22.7 Å². The molecule has 1 N–H and O–H groups in total. The highest BCUT2D eigenvalue weighted by atomic mass is 32.2. The summed E-state index contributed by atoms with van der Waals surface area (Å²) in [4.78, 5) is 12.6. The minimum atomic E-state index is -3.83. The fraction of sp³-hybridized carbons (Fsp3) is 0.167. The highest BCUT2D eigenvalue weighted by Gasteiger charge is 2.26. The van der Waals surface area contributed by atoms with Crippen LogP contribution in [0.2, 0.25) is 0 Å². The van der Waals surface area contributed by atoms with Crippen LogP contribution in [0.25, 0.3) is 0 Å². The van der Waals surface area contributed by atoms with Gasteiger partial charge in [0.1, 0.15) is 0 Å². The van der Waals surface area contributed by atoms with E-state index in [0.29, 0.717) is 6.42 Å². The fourth-order valence-electron chi connectivity index (χ4n) is 3.05. The van der Waals surface area contributed by atoms with Crippen molar-refractivity contribution in [2.24, 2.45) is 5.10 Å². The van der Waals surface area contributed by atoms with Gasteiger partial charge >= 0.3 is 0 Å². The molecule has 0 aliphatic heterocycles. The van der Waals surface area contributed by atoms with Gasteiger partial charge in [-0.1, -0.05) is 78.4 Å². The molecular formula is C24H25N3O3S. The molecule has 3 aromatic carbocycles. The van der Waals surface area contributed by atoms with Gasteiger partial charge in [0, 0.05) is 6.54 Å². The minimum Gasteiger partial charge on any atom is -0.272 e. The number of nitrogens with one attached hydrogen (secondary N) is 1. The third-order valence-electron chi connectivity index (χ3n) is 4.64. The van der Waals surface area contributed by atoms with Gasteiger partial charge in [0.15, 0.2) is 0 Å². The Kier molecular flexibility index (Phi) is 7.70. The molecule has 0 bridgehead atoms. The van der Waals surface area contributed by atoms with Gasteiger partial charge in [0.2, 0.25) is 10.0 Å². The first-order valence-corrected chi connectivity index (χ1v) is 11.4. The van der Waals surface area contributed by atoms with Gasteiger partial charge in [-0.05, 0) is 36.6 Å². The number of sulfonamides is 1. The molecule has 0 aliphatic carbocycles. The van der Waals surface area contributed by atoms with Crippen molar-refractivity contribution >= 4 is 22.1 Å². The number of carbonyl (C=O) groups excluding carboxylic acids is 1. The van der Waals surface area contributed by atoms with E-state index in [4.69, 9.17) is 0 Å². The van der Waals surface area contributed by atoms with Gasteiger partial charge in [-0.15, -0.1) is 0 Å². The molecule has 7 heteroatoms. The fourth-order valence-corrected chi connectivity index (χ4v) is 4.47. The van der Waals surface area contributed by atoms with E-state index in [2.05, 4.69) is 10.5 Å². The van der Waals surface area contributed by atoms with E-state index < -0.39 is 15.9 Å². The Balaban J connectivity index is 1.71. The summed E-state index contributed by atoms with van der Waals surface area (Å²) in [6.07, 6.45) is 2.03. The zero-order chi connectivity index (χ0) is 22.1. The Hall–Kier alpha value is -3.29. The van der Waals surface area contributed by atoms with Crippen molar-refractivity contribution in [1.82, 2.24) is 9.73 Å². The molecule has 160 valence electrons. The molecule has 0 saturated heterocycles. The van der Waals surface area contributed by atoms with Crippen molar-refractivity contribution in [1.29, 1.82) is 0 Å². The zero-order valence-electron chi connectivity index (χ0n) is 17.3. The second-order valence-electron chi connectivity index (χ2n) is 7.09. The third-order valence-corrected chi connectivity index (χ3v) is 6.50. The molecule has 0 aromatic heterocycles. The summed E-state index contributed by atoms with van der Waals surface area (Å²) < 4.78 is 27.4. The lowest BCUT2D eigenvalue weighted by Gasteiger charge is -2.21. The van der Waals surface area contributed by atoms with E-state index in [-0.39, 0.29) is 18.0 Å². The largest absolute Gasteiger partial charge is 0.272 e. The smallest absolute Gasteiger partial charge is 0.255 e. The van der Waals surface area contributed by atoms with Gasteiger partial charge in [-0.3, -0.25) is 4.79 Å². The van der Waals surface area contributed by atoms with Crippen LogP contribution in [0.5, 0.6) is 0 Å². The maximum Gasteiger partial charge on any atom is 0.255 e. The Morgan fingerprint density at radius 2 is 1.65 bits per heavy atom. The lowest BCUT2D eigenvalue weighted by molar-refractivity contribution is -0.121. The predicted octanol–water partition coefficient (Wildman–Crippen LogP) is 3.38. The van der Waals surface area contributed by atoms with Crippen molar-refractivity contribution < 1.29 is 13.2 Å². The quantitative estimate of drug-likeness (QED) is 0.413. The molecule has 3 aromatic rings. The van der Waals surface area contributed by atoms with Gasteiger partial charge in [0.25, 0.3) is 5.91 Å². The summed E-state index contributed by atoms with van der Waals surface area (Å²) >= 11 is 0. The number of rotatable bonds is 9. The molecule has 6 nitrogen and oxygen atoms in total. The monoisotopic (exact) mass is 435 g/mol. The van der Waals surface area contributed by atoms with Crippen LogP contribution in [-0.4, -0.2) is 37.9 Å². The lowest BCUT2D eigenvalue weighted by atomic mass is 10.1. The molecular weight excluding hydrogens is 410 g/mol. The van der Waals surface area contributed by atoms with Gasteiger partial charge in [-0.25, -0.2) is 13.8 Å². The standard InChI is InChI=1S/C24H25N3O3S/c1-20-9-8-12-22(17-20)18-25-26-24(28)19-27(16-15-21-10-4-2-5-11-21)31(29,30)23-13-6-3-7-14-23/h2-14,17-18H,15-16,19H2,1H3,(H,26,28). The lowest BCUT2D eigenvalue weighted by Crippen LogP contribution is -2.40. The minimum absolute atomic E-state index is 0.152. The Morgan fingerprint density at radius 1 is 0.968 bits per heavy atom. The van der Waals surface area contributed by atoms with Crippen molar-refractivity contribution in [2.75, 3.05) is 13.1 Å². The van der Waals surface area contributed by atoms with Crippen molar-refractivity contribution in [3.63, 3.8) is 0 Å². The first-order chi connectivity index (χ1) is 14.9. The summed E-state index contributed by atoms with van der Waals surface area (Å²) in [5.41, 5.74) is 5.35. The molecule has 0 fully saturated rings. The molecule has 3 rings (SSSR count). The van der Waals surface area contributed by atoms with E-state index in [1.54, 1.807) is 18.2 Å². The number of carbonyl (C=O) groups is 1. The van der Waals surface area contributed by atoms with Crippen molar-refractivity contribution in [2.45, 2.75) is 18.2 Å². The highest BCUT2D eigenvalue weighted by molar-refractivity contribution is 7.89. The third kappa shape index (κ3) is 6.60. The van der Waals surface area contributed by atoms with E-state index in [1.807, 2.05) is 61.5 Å². The first kappa shape index (κ1) is 22.4. The van der Waals surface area contributed by atoms with Crippen LogP contribution in [0.1, 0.15) is 16.7 Å². The normalized spacial score (nSPS) is 11.7. The van der Waals surface area contributed by atoms with Crippen LogP contribution >= 0.6 is 0 Å². The van der Waals surface area contributed by atoms with Crippen molar-refractivity contribution in [3.8, 4) is 0 Å². The van der Waals surface area contributed by atoms with Crippen LogP contribution < -0.4 is 5.43 Å². The molecule has 0 heterocycles. The predicted molar refractivity (Wildman–Crippen MR) is 122 cm³/mol. The molecule has 0 spiro atoms. The van der Waals surface area contributed by atoms with E-state index >= 15 is 0 Å². The number of nitrogens with zero attached hydrogens (tertiary/aromatic N) is 2. The van der Waals surface area contributed by atoms with Crippen LogP contribution in [0.4, 0.5) is 0 Å². The van der Waals surface area contributed by atoms with Gasteiger partial charge in [-0.2, -0.15) is 9.41 Å². The molecule has 0 atom stereocenters. The van der Waals surface area contributed by atoms with Gasteiger partial charge in [0.05, 0.1) is 17.7 Å². The Labute approximate surface area is 183 Å². The number of amides is 1. The maximum absolute atomic E-state index is 13.1. The molecule has 0 saturated carbocycles. The average molecular weight is 436 g/mol. The summed E-state index contributed by atoms with van der Waals surface area (Å²) in [5, 5.41) is 3.96.